The van der Waals surface area contributed by atoms with Gasteiger partial charge >= 0.3 is 0 Å². The van der Waals surface area contributed by atoms with Gasteiger partial charge in [0.05, 0.1) is 0 Å². The van der Waals surface area contributed by atoms with Gasteiger partial charge in [0.25, 0.3) is 0 Å². The summed E-state index contributed by atoms with van der Waals surface area (Å²) >= 11 is 0. The van der Waals surface area contributed by atoms with E-state index >= 15 is 0 Å². The van der Waals surface area contributed by atoms with Crippen LogP contribution in [0.15, 0.2) is 48.6 Å². The van der Waals surface area contributed by atoms with Gasteiger partial charge in [0.15, 0.2) is 0 Å². The molecule has 24 heavy (non-hydrogen) atoms. The van der Waals surface area contributed by atoms with Crippen LogP contribution in [-0.4, -0.2) is 23.6 Å². The minimum absolute atomic E-state index is 0.0904. The number of hydrogen-bond acceptors (Lipinski definition) is 3. The lowest BCUT2D eigenvalue weighted by atomic mass is 10.1. The lowest BCUT2D eigenvalue weighted by Gasteiger charge is -2.02. The summed E-state index contributed by atoms with van der Waals surface area (Å²) in [6.07, 6.45) is 12.1. The largest absolute Gasteiger partial charge is 0.353 e. The van der Waals surface area contributed by atoms with Gasteiger partial charge in [0.2, 0.25) is 11.8 Å². The Labute approximate surface area is 143 Å². The van der Waals surface area contributed by atoms with Gasteiger partial charge in [-0.1, -0.05) is 67.8 Å². The van der Waals surface area contributed by atoms with Crippen molar-refractivity contribution in [1.82, 2.24) is 10.8 Å². The van der Waals surface area contributed by atoms with E-state index in [4.69, 9.17) is 5.21 Å². The second kappa shape index (κ2) is 13.1. The Hall–Kier alpha value is -2.40. The molecule has 0 aliphatic carbocycles. The van der Waals surface area contributed by atoms with Crippen molar-refractivity contribution in [2.75, 3.05) is 6.54 Å². The van der Waals surface area contributed by atoms with Crippen molar-refractivity contribution in [3.05, 3.63) is 54.1 Å². The second-order valence-corrected chi connectivity index (χ2v) is 5.47. The van der Waals surface area contributed by atoms with Gasteiger partial charge in [-0.05, 0) is 18.4 Å². The summed E-state index contributed by atoms with van der Waals surface area (Å²) in [7, 11) is 0. The smallest absolute Gasteiger partial charge is 0.243 e. The van der Waals surface area contributed by atoms with Crippen LogP contribution in [0.3, 0.4) is 0 Å². The normalized spacial score (nSPS) is 11.0. The highest BCUT2D eigenvalue weighted by Crippen LogP contribution is 2.04. The van der Waals surface area contributed by atoms with Crippen molar-refractivity contribution in [2.45, 2.75) is 38.5 Å². The molecule has 0 radical (unpaired) electrons. The van der Waals surface area contributed by atoms with Gasteiger partial charge in [-0.25, -0.2) is 5.48 Å². The maximum absolute atomic E-state index is 11.6. The van der Waals surface area contributed by atoms with Crippen LogP contribution in [0.1, 0.15) is 44.1 Å². The maximum atomic E-state index is 11.6. The average Bonchev–Trinajstić information content (AvgIpc) is 2.61. The predicted molar refractivity (Wildman–Crippen MR) is 95.3 cm³/mol. The number of allylic oxidation sites excluding steroid dienone is 2. The van der Waals surface area contributed by atoms with Gasteiger partial charge in [-0.3, -0.25) is 14.8 Å². The van der Waals surface area contributed by atoms with Crippen molar-refractivity contribution >= 4 is 17.9 Å². The molecule has 3 N–H and O–H groups in total. The van der Waals surface area contributed by atoms with Crippen LogP contribution in [0.4, 0.5) is 0 Å². The molecule has 0 saturated heterocycles. The van der Waals surface area contributed by atoms with Gasteiger partial charge in [0, 0.05) is 19.0 Å². The van der Waals surface area contributed by atoms with E-state index in [9.17, 15) is 9.59 Å². The Morgan fingerprint density at radius 2 is 1.67 bits per heavy atom. The summed E-state index contributed by atoms with van der Waals surface area (Å²) < 4.78 is 0. The van der Waals surface area contributed by atoms with Crippen LogP contribution in [-0.2, 0) is 9.59 Å². The maximum Gasteiger partial charge on any atom is 0.243 e. The van der Waals surface area contributed by atoms with Crippen LogP contribution in [0.5, 0.6) is 0 Å². The summed E-state index contributed by atoms with van der Waals surface area (Å²) in [5, 5.41) is 11.2. The second-order valence-electron chi connectivity index (χ2n) is 5.47. The number of benzene rings is 1. The summed E-state index contributed by atoms with van der Waals surface area (Å²) in [5.74, 6) is -0.428. The Morgan fingerprint density at radius 1 is 0.958 bits per heavy atom. The first kappa shape index (κ1) is 19.6. The van der Waals surface area contributed by atoms with Gasteiger partial charge in [-0.15, -0.1) is 0 Å². The minimum Gasteiger partial charge on any atom is -0.353 e. The van der Waals surface area contributed by atoms with Gasteiger partial charge in [0.1, 0.15) is 0 Å². The van der Waals surface area contributed by atoms with Crippen molar-refractivity contribution in [2.24, 2.45) is 0 Å². The Kier molecular flexibility index (Phi) is 10.7. The molecule has 2 amide bonds. The lowest BCUT2D eigenvalue weighted by molar-refractivity contribution is -0.129. The fourth-order valence-electron chi connectivity index (χ4n) is 2.14. The van der Waals surface area contributed by atoms with Crippen LogP contribution < -0.4 is 10.8 Å². The van der Waals surface area contributed by atoms with Crippen molar-refractivity contribution in [1.29, 1.82) is 0 Å². The van der Waals surface area contributed by atoms with E-state index < -0.39 is 0 Å². The third-order valence-electron chi connectivity index (χ3n) is 3.45. The number of hydroxylamine groups is 1. The third kappa shape index (κ3) is 10.3. The Balaban J connectivity index is 2.01. The molecule has 1 aromatic rings. The molecule has 0 fully saturated rings. The quantitative estimate of drug-likeness (QED) is 0.192. The molecule has 1 rings (SSSR count). The number of amides is 2. The first-order valence-corrected chi connectivity index (χ1v) is 8.33. The first-order chi connectivity index (χ1) is 11.7. The van der Waals surface area contributed by atoms with Crippen LogP contribution in [0.25, 0.3) is 6.08 Å². The van der Waals surface area contributed by atoms with Crippen molar-refractivity contribution in [3.63, 3.8) is 0 Å². The number of unbranched alkanes of at least 4 members (excludes halogenated alkanes) is 4. The molecule has 0 aromatic heterocycles. The van der Waals surface area contributed by atoms with Crippen LogP contribution >= 0.6 is 0 Å². The van der Waals surface area contributed by atoms with Crippen LogP contribution in [0, 0.1) is 0 Å². The number of carbonyl (C=O) groups is 2. The zero-order valence-corrected chi connectivity index (χ0v) is 13.9. The topological polar surface area (TPSA) is 78.4 Å². The van der Waals surface area contributed by atoms with Crippen molar-refractivity contribution in [3.8, 4) is 0 Å². The number of nitrogens with one attached hydrogen (secondary N) is 2. The highest BCUT2D eigenvalue weighted by molar-refractivity contribution is 5.87. The summed E-state index contributed by atoms with van der Waals surface area (Å²) in [6, 6.07) is 9.91. The Morgan fingerprint density at radius 3 is 2.42 bits per heavy atom. The summed E-state index contributed by atoms with van der Waals surface area (Å²) in [4.78, 5) is 22.4. The van der Waals surface area contributed by atoms with E-state index in [0.717, 1.165) is 37.7 Å². The molecular formula is C19H26N2O3. The summed E-state index contributed by atoms with van der Waals surface area (Å²) in [5.41, 5.74) is 2.72. The number of rotatable bonds is 11. The average molecular weight is 330 g/mol. The highest BCUT2D eigenvalue weighted by atomic mass is 16.5. The van der Waals surface area contributed by atoms with E-state index in [-0.39, 0.29) is 11.8 Å². The monoisotopic (exact) mass is 330 g/mol. The van der Waals surface area contributed by atoms with E-state index in [1.807, 2.05) is 42.5 Å². The molecule has 5 heteroatoms. The molecule has 0 atom stereocenters. The van der Waals surface area contributed by atoms with Gasteiger partial charge in [-0.2, -0.15) is 0 Å². The van der Waals surface area contributed by atoms with Gasteiger partial charge < -0.3 is 5.32 Å². The molecule has 0 saturated carbocycles. The number of hydrogen-bond donors (Lipinski definition) is 3. The molecule has 0 bridgehead atoms. The molecule has 130 valence electrons. The number of carbonyl (C=O) groups excluding carboxylic acids is 2. The van der Waals surface area contributed by atoms with E-state index in [1.165, 1.54) is 6.08 Å². The van der Waals surface area contributed by atoms with Crippen molar-refractivity contribution < 1.29 is 14.8 Å². The molecule has 0 aliphatic heterocycles. The highest BCUT2D eigenvalue weighted by Gasteiger charge is 1.98. The van der Waals surface area contributed by atoms with E-state index in [0.29, 0.717) is 13.0 Å². The molecular weight excluding hydrogens is 304 g/mol. The standard InChI is InChI=1S/C19H26N2O3/c22-18(14-9-8-13-17-11-5-4-6-12-17)20-16-10-3-1-2-7-15-19(23)21-24/h4-6,8-9,11-14,24H,1-3,7,10,15-16H2,(H,20,22)(H,21,23). The SMILES string of the molecule is O=C(C=CC=Cc1ccccc1)NCCCCCCCC(=O)NO. The first-order valence-electron chi connectivity index (χ1n) is 8.33. The zero-order chi connectivity index (χ0) is 17.5. The summed E-state index contributed by atoms with van der Waals surface area (Å²) in [6.45, 7) is 0.655. The minimum atomic E-state index is -0.338. The van der Waals surface area contributed by atoms with E-state index in [2.05, 4.69) is 5.32 Å². The molecule has 1 aromatic carbocycles. The fourth-order valence-corrected chi connectivity index (χ4v) is 2.14. The third-order valence-corrected chi connectivity index (χ3v) is 3.45. The van der Waals surface area contributed by atoms with E-state index in [1.54, 1.807) is 11.6 Å². The Bertz CT molecular complexity index is 539. The zero-order valence-electron chi connectivity index (χ0n) is 13.9. The van der Waals surface area contributed by atoms with Crippen LogP contribution in [0.2, 0.25) is 0 Å². The molecule has 0 unspecified atom stereocenters. The lowest BCUT2D eigenvalue weighted by Crippen LogP contribution is -2.21. The molecule has 0 spiro atoms. The molecule has 5 nitrogen and oxygen atoms in total. The molecule has 0 heterocycles. The molecule has 0 aliphatic rings. The fraction of sp³-hybridized carbons (Fsp3) is 0.368. The predicted octanol–water partition coefficient (Wildman–Crippen LogP) is 3.22.